The van der Waals surface area contributed by atoms with Crippen LogP contribution >= 0.6 is 0 Å². The van der Waals surface area contributed by atoms with Crippen LogP contribution in [0.3, 0.4) is 0 Å². The van der Waals surface area contributed by atoms with Gasteiger partial charge in [-0.2, -0.15) is 18.2 Å². The summed E-state index contributed by atoms with van der Waals surface area (Å²) in [5.41, 5.74) is -0.955. The van der Waals surface area contributed by atoms with Crippen LogP contribution in [0.25, 0.3) is 0 Å². The van der Waals surface area contributed by atoms with E-state index in [1.54, 1.807) is 0 Å². The van der Waals surface area contributed by atoms with Crippen molar-refractivity contribution in [1.82, 2.24) is 9.97 Å². The fourth-order valence-electron chi connectivity index (χ4n) is 2.09. The maximum absolute atomic E-state index is 12.9. The maximum atomic E-state index is 12.9. The summed E-state index contributed by atoms with van der Waals surface area (Å²) in [4.78, 5) is 7.66. The van der Waals surface area contributed by atoms with Gasteiger partial charge < -0.3 is 15.4 Å². The molecule has 0 spiro atoms. The molecule has 0 unspecified atom stereocenters. The molecule has 124 valence electrons. The molecule has 2 heterocycles. The molecule has 0 aliphatic carbocycles. The fourth-order valence-corrected chi connectivity index (χ4v) is 2.09. The Kier molecular flexibility index (Phi) is 5.44. The Labute approximate surface area is 127 Å². The molecular formula is C14H21F3N4O. The lowest BCUT2D eigenvalue weighted by molar-refractivity contribution is -0.141. The van der Waals surface area contributed by atoms with E-state index in [1.165, 1.54) is 0 Å². The van der Waals surface area contributed by atoms with E-state index in [0.717, 1.165) is 25.3 Å². The lowest BCUT2D eigenvalue weighted by atomic mass is 10.2. The van der Waals surface area contributed by atoms with Crippen LogP contribution in [0.1, 0.15) is 38.8 Å². The van der Waals surface area contributed by atoms with Gasteiger partial charge in [0.05, 0.1) is 6.10 Å². The molecule has 2 N–H and O–H groups in total. The zero-order valence-corrected chi connectivity index (χ0v) is 12.7. The molecule has 1 aliphatic heterocycles. The van der Waals surface area contributed by atoms with Crippen LogP contribution in [-0.2, 0) is 10.9 Å². The normalized spacial score (nSPS) is 20.0. The molecular weight excluding hydrogens is 297 g/mol. The number of nitrogens with one attached hydrogen (secondary N) is 2. The minimum absolute atomic E-state index is 0.00509. The van der Waals surface area contributed by atoms with Gasteiger partial charge in [-0.1, -0.05) is 6.92 Å². The van der Waals surface area contributed by atoms with Crippen molar-refractivity contribution in [1.29, 1.82) is 0 Å². The summed E-state index contributed by atoms with van der Waals surface area (Å²) in [5.74, 6) is 0.141. The third kappa shape index (κ3) is 4.72. The van der Waals surface area contributed by atoms with E-state index in [9.17, 15) is 13.2 Å². The molecule has 1 aromatic heterocycles. The Hall–Kier alpha value is -1.57. The summed E-state index contributed by atoms with van der Waals surface area (Å²) in [6, 6.07) is 0.922. The topological polar surface area (TPSA) is 59.1 Å². The molecule has 1 aromatic rings. The SMILES string of the molecule is CC[C@@H](C)Nc1nc(NC[C@H]2CCCO2)cc(C(F)(F)F)n1. The summed E-state index contributed by atoms with van der Waals surface area (Å²) in [5, 5.41) is 5.79. The molecule has 2 atom stereocenters. The highest BCUT2D eigenvalue weighted by molar-refractivity contribution is 5.43. The highest BCUT2D eigenvalue weighted by Crippen LogP contribution is 2.30. The molecule has 0 radical (unpaired) electrons. The zero-order valence-electron chi connectivity index (χ0n) is 12.7. The van der Waals surface area contributed by atoms with Crippen LogP contribution in [0.4, 0.5) is 24.9 Å². The number of aromatic nitrogens is 2. The number of rotatable bonds is 6. The van der Waals surface area contributed by atoms with Crippen LogP contribution < -0.4 is 10.6 Å². The second kappa shape index (κ2) is 7.13. The Morgan fingerprint density at radius 3 is 2.77 bits per heavy atom. The van der Waals surface area contributed by atoms with E-state index in [1.807, 2.05) is 13.8 Å². The van der Waals surface area contributed by atoms with Gasteiger partial charge in [-0.25, -0.2) is 4.98 Å². The summed E-state index contributed by atoms with van der Waals surface area (Å²) in [6.07, 6.45) is -1.84. The van der Waals surface area contributed by atoms with Gasteiger partial charge in [-0.3, -0.25) is 0 Å². The van der Waals surface area contributed by atoms with Gasteiger partial charge in [0.1, 0.15) is 5.82 Å². The summed E-state index contributed by atoms with van der Waals surface area (Å²) in [7, 11) is 0. The highest BCUT2D eigenvalue weighted by atomic mass is 19.4. The number of ether oxygens (including phenoxy) is 1. The largest absolute Gasteiger partial charge is 0.433 e. The van der Waals surface area contributed by atoms with E-state index in [-0.39, 0.29) is 23.9 Å². The van der Waals surface area contributed by atoms with E-state index < -0.39 is 11.9 Å². The molecule has 1 saturated heterocycles. The average molecular weight is 318 g/mol. The van der Waals surface area contributed by atoms with Gasteiger partial charge in [0.15, 0.2) is 5.69 Å². The molecule has 0 bridgehead atoms. The van der Waals surface area contributed by atoms with Crippen LogP contribution in [-0.4, -0.2) is 35.3 Å². The van der Waals surface area contributed by atoms with Gasteiger partial charge in [0, 0.05) is 25.3 Å². The smallest absolute Gasteiger partial charge is 0.376 e. The number of nitrogens with zero attached hydrogens (tertiary/aromatic N) is 2. The quantitative estimate of drug-likeness (QED) is 0.843. The highest BCUT2D eigenvalue weighted by Gasteiger charge is 2.34. The Morgan fingerprint density at radius 1 is 1.41 bits per heavy atom. The van der Waals surface area contributed by atoms with Crippen molar-refractivity contribution in [3.8, 4) is 0 Å². The third-order valence-corrected chi connectivity index (χ3v) is 3.54. The average Bonchev–Trinajstić information content (AvgIpc) is 2.97. The summed E-state index contributed by atoms with van der Waals surface area (Å²) < 4.78 is 44.3. The van der Waals surface area contributed by atoms with Gasteiger partial charge in [-0.15, -0.1) is 0 Å². The Balaban J connectivity index is 2.13. The van der Waals surface area contributed by atoms with Crippen LogP contribution in [0, 0.1) is 0 Å². The first-order valence-corrected chi connectivity index (χ1v) is 7.46. The van der Waals surface area contributed by atoms with Gasteiger partial charge in [0.2, 0.25) is 5.95 Å². The molecule has 8 heteroatoms. The number of alkyl halides is 3. The van der Waals surface area contributed by atoms with Crippen LogP contribution in [0.2, 0.25) is 0 Å². The van der Waals surface area contributed by atoms with E-state index in [0.29, 0.717) is 13.2 Å². The van der Waals surface area contributed by atoms with Gasteiger partial charge in [-0.05, 0) is 26.2 Å². The lowest BCUT2D eigenvalue weighted by Gasteiger charge is -2.16. The summed E-state index contributed by atoms with van der Waals surface area (Å²) in [6.45, 7) is 4.94. The van der Waals surface area contributed by atoms with Gasteiger partial charge >= 0.3 is 6.18 Å². The standard InChI is InChI=1S/C14H21F3N4O/c1-3-9(2)19-13-20-11(14(15,16)17)7-12(21-13)18-8-10-5-4-6-22-10/h7,9-10H,3-6,8H2,1-2H3,(H2,18,19,20,21)/t9-,10-/m1/s1. The molecule has 5 nitrogen and oxygen atoms in total. The Morgan fingerprint density at radius 2 is 2.18 bits per heavy atom. The first-order chi connectivity index (χ1) is 10.4. The molecule has 0 aromatic carbocycles. The predicted octanol–water partition coefficient (Wildman–Crippen LogP) is 3.30. The molecule has 22 heavy (non-hydrogen) atoms. The predicted molar refractivity (Wildman–Crippen MR) is 77.9 cm³/mol. The van der Waals surface area contributed by atoms with Crippen molar-refractivity contribution in [2.24, 2.45) is 0 Å². The van der Waals surface area contributed by atoms with Crippen molar-refractivity contribution in [3.05, 3.63) is 11.8 Å². The minimum Gasteiger partial charge on any atom is -0.376 e. The second-order valence-electron chi connectivity index (χ2n) is 5.43. The van der Waals surface area contributed by atoms with Crippen molar-refractivity contribution >= 4 is 11.8 Å². The van der Waals surface area contributed by atoms with Crippen molar-refractivity contribution in [2.45, 2.75) is 51.4 Å². The molecule has 1 aliphatic rings. The number of halogens is 3. The van der Waals surface area contributed by atoms with Crippen molar-refractivity contribution in [2.75, 3.05) is 23.8 Å². The molecule has 2 rings (SSSR count). The van der Waals surface area contributed by atoms with Crippen LogP contribution in [0.15, 0.2) is 6.07 Å². The maximum Gasteiger partial charge on any atom is 0.433 e. The summed E-state index contributed by atoms with van der Waals surface area (Å²) >= 11 is 0. The number of hydrogen-bond acceptors (Lipinski definition) is 5. The third-order valence-electron chi connectivity index (χ3n) is 3.54. The van der Waals surface area contributed by atoms with Crippen molar-refractivity contribution < 1.29 is 17.9 Å². The fraction of sp³-hybridized carbons (Fsp3) is 0.714. The lowest BCUT2D eigenvalue weighted by Crippen LogP contribution is -2.22. The number of anilines is 2. The van der Waals surface area contributed by atoms with Crippen molar-refractivity contribution in [3.63, 3.8) is 0 Å². The number of hydrogen-bond donors (Lipinski definition) is 2. The molecule has 1 fully saturated rings. The second-order valence-corrected chi connectivity index (χ2v) is 5.43. The molecule has 0 saturated carbocycles. The first kappa shape index (κ1) is 16.8. The molecule has 0 amide bonds. The minimum atomic E-state index is -4.50. The Bertz CT molecular complexity index is 489. The van der Waals surface area contributed by atoms with Crippen LogP contribution in [0.5, 0.6) is 0 Å². The van der Waals surface area contributed by atoms with E-state index in [2.05, 4.69) is 20.6 Å². The van der Waals surface area contributed by atoms with Gasteiger partial charge in [0.25, 0.3) is 0 Å². The van der Waals surface area contributed by atoms with E-state index >= 15 is 0 Å². The first-order valence-electron chi connectivity index (χ1n) is 7.46. The van der Waals surface area contributed by atoms with E-state index in [4.69, 9.17) is 4.74 Å². The monoisotopic (exact) mass is 318 g/mol. The zero-order chi connectivity index (χ0) is 16.2.